The van der Waals surface area contributed by atoms with E-state index in [4.69, 9.17) is 19.9 Å². The summed E-state index contributed by atoms with van der Waals surface area (Å²) in [6.45, 7) is 0. The molecular weight excluding hydrogens is 767 g/mol. The molecule has 0 spiro atoms. The maximum Gasteiger partial charge on any atom is 0.164 e. The summed E-state index contributed by atoms with van der Waals surface area (Å²) in [6, 6.07) is 78.6. The third kappa shape index (κ3) is 6.42. The van der Waals surface area contributed by atoms with Crippen LogP contribution in [0.5, 0.6) is 0 Å². The maximum atomic E-state index is 5.35. The number of hydrogen-bond donors (Lipinski definition) is 0. The van der Waals surface area contributed by atoms with E-state index < -0.39 is 0 Å². The Morgan fingerprint density at radius 3 is 1.35 bits per heavy atom. The lowest BCUT2D eigenvalue weighted by Gasteiger charge is -2.15. The van der Waals surface area contributed by atoms with Gasteiger partial charge in [0, 0.05) is 54.9 Å². The maximum absolute atomic E-state index is 5.35. The van der Waals surface area contributed by atoms with Gasteiger partial charge in [-0.05, 0) is 64.7 Å². The van der Waals surface area contributed by atoms with Crippen LogP contribution >= 0.6 is 0 Å². The monoisotopic (exact) mass is 803 g/mol. The van der Waals surface area contributed by atoms with E-state index in [0.29, 0.717) is 17.5 Å². The molecule has 0 aliphatic carbocycles. The lowest BCUT2D eigenvalue weighted by atomic mass is 9.92. The van der Waals surface area contributed by atoms with E-state index in [-0.39, 0.29) is 0 Å². The Balaban J connectivity index is 0.935. The number of hydrogen-bond acceptors (Lipinski definition) is 4. The van der Waals surface area contributed by atoms with Crippen LogP contribution in [0.1, 0.15) is 0 Å². The first-order valence-corrected chi connectivity index (χ1v) is 21.2. The normalized spacial score (nSPS) is 11.5. The van der Waals surface area contributed by atoms with Crippen molar-refractivity contribution >= 4 is 43.5 Å². The molecule has 0 saturated heterocycles. The molecule has 0 saturated carbocycles. The van der Waals surface area contributed by atoms with E-state index in [1.807, 2.05) is 30.3 Å². The van der Waals surface area contributed by atoms with E-state index in [2.05, 4.69) is 199 Å². The second kappa shape index (κ2) is 15.2. The van der Waals surface area contributed by atoms with Crippen molar-refractivity contribution in [3.8, 4) is 73.4 Å². The van der Waals surface area contributed by atoms with Crippen LogP contribution in [0.25, 0.3) is 117 Å². The summed E-state index contributed by atoms with van der Waals surface area (Å²) >= 11 is 0. The van der Waals surface area contributed by atoms with E-state index >= 15 is 0 Å². The molecule has 3 aromatic heterocycles. The number of para-hydroxylation sites is 2. The summed E-state index contributed by atoms with van der Waals surface area (Å²) in [5.74, 6) is 1.86. The molecule has 5 heteroatoms. The first-order valence-electron chi connectivity index (χ1n) is 21.2. The average Bonchev–Trinajstić information content (AvgIpc) is 3.71. The Kier molecular flexibility index (Phi) is 8.75. The zero-order valence-electron chi connectivity index (χ0n) is 34.1. The average molecular weight is 804 g/mol. The molecular formula is C58H37N5. The summed E-state index contributed by atoms with van der Waals surface area (Å²) in [4.78, 5) is 20.5. The second-order valence-corrected chi connectivity index (χ2v) is 15.8. The number of benzene rings is 9. The molecule has 0 bridgehead atoms. The van der Waals surface area contributed by atoms with Crippen LogP contribution in [-0.2, 0) is 0 Å². The molecule has 0 fully saturated rings. The first-order chi connectivity index (χ1) is 31.2. The van der Waals surface area contributed by atoms with Crippen LogP contribution in [-0.4, -0.2) is 24.5 Å². The highest BCUT2D eigenvalue weighted by atomic mass is 15.0. The van der Waals surface area contributed by atoms with Gasteiger partial charge in [0.2, 0.25) is 0 Å². The summed E-state index contributed by atoms with van der Waals surface area (Å²) < 4.78 is 2.32. The van der Waals surface area contributed by atoms with Gasteiger partial charge in [0.1, 0.15) is 0 Å². The van der Waals surface area contributed by atoms with Gasteiger partial charge in [-0.25, -0.2) is 19.9 Å². The minimum atomic E-state index is 0.615. The van der Waals surface area contributed by atoms with Crippen molar-refractivity contribution in [2.75, 3.05) is 0 Å². The van der Waals surface area contributed by atoms with Crippen molar-refractivity contribution in [3.63, 3.8) is 0 Å². The van der Waals surface area contributed by atoms with Gasteiger partial charge in [-0.3, -0.25) is 0 Å². The van der Waals surface area contributed by atoms with E-state index in [9.17, 15) is 0 Å². The molecule has 12 aromatic rings. The molecule has 0 radical (unpaired) electrons. The molecule has 0 atom stereocenters. The molecule has 0 amide bonds. The molecule has 294 valence electrons. The van der Waals surface area contributed by atoms with Crippen molar-refractivity contribution < 1.29 is 0 Å². The molecule has 5 nitrogen and oxygen atoms in total. The highest BCUT2D eigenvalue weighted by Crippen LogP contribution is 2.40. The fourth-order valence-electron chi connectivity index (χ4n) is 9.03. The van der Waals surface area contributed by atoms with Crippen molar-refractivity contribution in [3.05, 3.63) is 224 Å². The Morgan fingerprint density at radius 1 is 0.286 bits per heavy atom. The number of fused-ring (bicyclic) bond motifs is 6. The molecule has 0 aliphatic rings. The largest absolute Gasteiger partial charge is 0.309 e. The summed E-state index contributed by atoms with van der Waals surface area (Å²) in [7, 11) is 0. The summed E-state index contributed by atoms with van der Waals surface area (Å²) in [5, 5.41) is 5.93. The summed E-state index contributed by atoms with van der Waals surface area (Å²) in [5.41, 5.74) is 13.7. The van der Waals surface area contributed by atoms with Crippen molar-refractivity contribution in [2.24, 2.45) is 0 Å². The number of pyridine rings is 1. The van der Waals surface area contributed by atoms with Gasteiger partial charge in [0.05, 0.1) is 22.2 Å². The van der Waals surface area contributed by atoms with Crippen LogP contribution in [0.3, 0.4) is 0 Å². The Labute approximate surface area is 364 Å². The van der Waals surface area contributed by atoms with E-state index in [1.54, 1.807) is 0 Å². The van der Waals surface area contributed by atoms with Crippen LogP contribution in [0.4, 0.5) is 0 Å². The highest BCUT2D eigenvalue weighted by Gasteiger charge is 2.17. The predicted octanol–water partition coefficient (Wildman–Crippen LogP) is 14.7. The van der Waals surface area contributed by atoms with Crippen molar-refractivity contribution in [2.45, 2.75) is 0 Å². The zero-order valence-corrected chi connectivity index (χ0v) is 34.1. The Morgan fingerprint density at radius 2 is 0.746 bits per heavy atom. The van der Waals surface area contributed by atoms with E-state index in [0.717, 1.165) is 61.1 Å². The van der Waals surface area contributed by atoms with Crippen LogP contribution < -0.4 is 0 Å². The molecule has 63 heavy (non-hydrogen) atoms. The van der Waals surface area contributed by atoms with Crippen LogP contribution in [0.15, 0.2) is 224 Å². The molecule has 0 unspecified atom stereocenters. The van der Waals surface area contributed by atoms with E-state index in [1.165, 1.54) is 38.3 Å². The minimum Gasteiger partial charge on any atom is -0.309 e. The Hall–Kier alpha value is -8.54. The fourth-order valence-corrected chi connectivity index (χ4v) is 9.03. The Bertz CT molecular complexity index is 3580. The van der Waals surface area contributed by atoms with Crippen LogP contribution in [0, 0.1) is 0 Å². The van der Waals surface area contributed by atoms with Crippen LogP contribution in [0.2, 0.25) is 0 Å². The smallest absolute Gasteiger partial charge is 0.164 e. The minimum absolute atomic E-state index is 0.615. The summed E-state index contributed by atoms with van der Waals surface area (Å²) in [6.07, 6.45) is 0. The van der Waals surface area contributed by atoms with Gasteiger partial charge >= 0.3 is 0 Å². The third-order valence-electron chi connectivity index (χ3n) is 12.1. The lowest BCUT2D eigenvalue weighted by molar-refractivity contribution is 1.07. The predicted molar refractivity (Wildman–Crippen MR) is 260 cm³/mol. The molecule has 9 aromatic carbocycles. The van der Waals surface area contributed by atoms with Gasteiger partial charge in [-0.15, -0.1) is 0 Å². The van der Waals surface area contributed by atoms with Gasteiger partial charge < -0.3 is 4.57 Å². The standard InChI is InChI=1S/C58H37N5/c1-4-15-39(16-5-1)46-23-14-24-50-54(46)49-36-33-44(37-51(49)59-55(50)40-17-6-2-7-18-40)38-27-29-42(30-28-38)57-60-56(41-19-8-3-9-20-41)61-58(62-57)43-31-34-45(35-32-43)63-52-25-12-10-21-47(52)48-22-11-13-26-53(48)63/h1-37H. The topological polar surface area (TPSA) is 56.5 Å². The van der Waals surface area contributed by atoms with Gasteiger partial charge in [-0.2, -0.15) is 0 Å². The molecule has 0 aliphatic heterocycles. The quantitative estimate of drug-likeness (QED) is 0.151. The molecule has 3 heterocycles. The highest BCUT2D eigenvalue weighted by molar-refractivity contribution is 6.17. The van der Waals surface area contributed by atoms with Gasteiger partial charge in [0.15, 0.2) is 17.5 Å². The zero-order chi connectivity index (χ0) is 41.7. The lowest BCUT2D eigenvalue weighted by Crippen LogP contribution is -2.00. The number of rotatable bonds is 7. The van der Waals surface area contributed by atoms with Crippen molar-refractivity contribution in [1.82, 2.24) is 24.5 Å². The second-order valence-electron chi connectivity index (χ2n) is 15.8. The SMILES string of the molecule is c1ccc(-c2nc(-c3ccc(-c4ccc5c(c4)nc(-c4ccccc4)c4cccc(-c6ccccc6)c45)cc3)nc(-c3ccc(-n4c5ccccc5c5ccccc54)cc3)n2)cc1. The third-order valence-corrected chi connectivity index (χ3v) is 12.1. The van der Waals surface area contributed by atoms with Gasteiger partial charge in [-0.1, -0.05) is 182 Å². The molecule has 12 rings (SSSR count). The number of aromatic nitrogens is 5. The van der Waals surface area contributed by atoms with Gasteiger partial charge in [0.25, 0.3) is 0 Å². The number of nitrogens with zero attached hydrogens (tertiary/aromatic N) is 5. The fraction of sp³-hybridized carbons (Fsp3) is 0. The molecule has 0 N–H and O–H groups in total. The van der Waals surface area contributed by atoms with Crippen molar-refractivity contribution in [1.29, 1.82) is 0 Å². The first kappa shape index (κ1) is 36.3.